The number of hydrogen-bond donors (Lipinski definition) is 1. The Morgan fingerprint density at radius 2 is 1.90 bits per heavy atom. The number of nitrogens with one attached hydrogen (secondary N) is 1. The minimum absolute atomic E-state index is 0.0826. The van der Waals surface area contributed by atoms with Crippen LogP contribution in [-0.4, -0.2) is 52.2 Å². The van der Waals surface area contributed by atoms with Crippen molar-refractivity contribution in [1.29, 1.82) is 0 Å². The normalized spacial score (nSPS) is 18.2. The topological polar surface area (TPSA) is 120 Å². The summed E-state index contributed by atoms with van der Waals surface area (Å²) in [7, 11) is 1.22. The van der Waals surface area contributed by atoms with Crippen molar-refractivity contribution in [3.8, 4) is 0 Å². The maximum Gasteiger partial charge on any atom is 0.411 e. The fourth-order valence-electron chi connectivity index (χ4n) is 3.16. The maximum absolute atomic E-state index is 12.5. The van der Waals surface area contributed by atoms with Gasteiger partial charge in [0.25, 0.3) is 5.91 Å². The first kappa shape index (κ1) is 20.1. The van der Waals surface area contributed by atoms with Gasteiger partial charge in [0.15, 0.2) is 0 Å². The number of benzene rings is 1. The van der Waals surface area contributed by atoms with E-state index in [4.69, 9.17) is 9.47 Å². The van der Waals surface area contributed by atoms with Gasteiger partial charge in [-0.3, -0.25) is 19.1 Å². The molecule has 0 bridgehead atoms. The van der Waals surface area contributed by atoms with Crippen molar-refractivity contribution in [1.82, 2.24) is 14.5 Å². The Bertz CT molecular complexity index is 974. The van der Waals surface area contributed by atoms with Crippen molar-refractivity contribution in [2.24, 2.45) is 0 Å². The Balaban J connectivity index is 1.81. The molecule has 2 atom stereocenters. The molecule has 1 fully saturated rings. The highest BCUT2D eigenvalue weighted by molar-refractivity contribution is 6.03. The number of methoxy groups -OCH3 is 1. The van der Waals surface area contributed by atoms with Crippen LogP contribution in [0.3, 0.4) is 0 Å². The summed E-state index contributed by atoms with van der Waals surface area (Å²) in [6.07, 6.45) is -0.316. The minimum Gasteiger partial charge on any atom is -0.461 e. The second kappa shape index (κ2) is 8.55. The molecule has 1 saturated heterocycles. The van der Waals surface area contributed by atoms with E-state index >= 15 is 0 Å². The molecule has 1 aromatic carbocycles. The number of hydrogen-bond acceptors (Lipinski definition) is 7. The summed E-state index contributed by atoms with van der Waals surface area (Å²) < 4.78 is 11.2. The van der Waals surface area contributed by atoms with Gasteiger partial charge >= 0.3 is 17.8 Å². The summed E-state index contributed by atoms with van der Waals surface area (Å²) >= 11 is 0. The molecular weight excluding hydrogens is 380 g/mol. The third kappa shape index (κ3) is 4.60. The average Bonchev–Trinajstić information content (AvgIpc) is 3.10. The van der Waals surface area contributed by atoms with Crippen LogP contribution in [0.2, 0.25) is 0 Å². The van der Waals surface area contributed by atoms with Gasteiger partial charge in [-0.2, -0.15) is 4.98 Å². The lowest BCUT2D eigenvalue weighted by Crippen LogP contribution is -2.38. The Morgan fingerprint density at radius 3 is 2.52 bits per heavy atom. The second-order valence-electron chi connectivity index (χ2n) is 6.39. The van der Waals surface area contributed by atoms with E-state index in [1.165, 1.54) is 35.8 Å². The molecule has 10 nitrogen and oxygen atoms in total. The van der Waals surface area contributed by atoms with E-state index in [0.29, 0.717) is 5.56 Å². The van der Waals surface area contributed by atoms with Crippen LogP contribution in [0.4, 0.5) is 10.6 Å². The Kier molecular flexibility index (Phi) is 5.91. The Morgan fingerprint density at radius 1 is 1.17 bits per heavy atom. The molecule has 2 amide bonds. The van der Waals surface area contributed by atoms with Gasteiger partial charge in [0, 0.05) is 25.1 Å². The molecule has 29 heavy (non-hydrogen) atoms. The first-order chi connectivity index (χ1) is 13.9. The van der Waals surface area contributed by atoms with Gasteiger partial charge in [-0.25, -0.2) is 9.59 Å². The molecule has 1 N–H and O–H groups in total. The van der Waals surface area contributed by atoms with Gasteiger partial charge in [0.2, 0.25) is 0 Å². The number of amides is 2. The molecule has 2 heterocycles. The van der Waals surface area contributed by atoms with Crippen molar-refractivity contribution in [2.75, 3.05) is 19.0 Å². The summed E-state index contributed by atoms with van der Waals surface area (Å²) in [5.41, 5.74) is -0.242. The molecule has 0 unspecified atom stereocenters. The van der Waals surface area contributed by atoms with Crippen LogP contribution < -0.4 is 11.0 Å². The van der Waals surface area contributed by atoms with Gasteiger partial charge in [0.05, 0.1) is 13.7 Å². The van der Waals surface area contributed by atoms with Crippen LogP contribution in [0.15, 0.2) is 47.4 Å². The number of aromatic nitrogens is 2. The second-order valence-corrected chi connectivity index (χ2v) is 6.39. The largest absolute Gasteiger partial charge is 0.461 e. The van der Waals surface area contributed by atoms with Crippen molar-refractivity contribution in [3.63, 3.8) is 0 Å². The van der Waals surface area contributed by atoms with E-state index in [2.05, 4.69) is 10.3 Å². The minimum atomic E-state index is -0.731. The number of ether oxygens (including phenoxy) is 2. The number of nitrogens with zero attached hydrogens (tertiary/aromatic N) is 3. The predicted octanol–water partition coefficient (Wildman–Crippen LogP) is 1.40. The summed E-state index contributed by atoms with van der Waals surface area (Å²) in [6.45, 7) is 1.36. The summed E-state index contributed by atoms with van der Waals surface area (Å²) in [5, 5.41) is 2.56. The molecule has 0 aliphatic carbocycles. The van der Waals surface area contributed by atoms with Crippen molar-refractivity contribution >= 4 is 23.8 Å². The number of likely N-dealkylation sites (tertiary alicyclic amines) is 1. The Labute approximate surface area is 166 Å². The smallest absolute Gasteiger partial charge is 0.411 e. The molecular formula is C19H20N4O6. The molecule has 1 aliphatic rings. The molecule has 1 aromatic heterocycles. The first-order valence-electron chi connectivity index (χ1n) is 8.86. The Hall–Kier alpha value is -3.69. The lowest BCUT2D eigenvalue weighted by atomic mass is 10.2. The van der Waals surface area contributed by atoms with Gasteiger partial charge in [-0.1, -0.05) is 18.2 Å². The number of esters is 1. The van der Waals surface area contributed by atoms with Crippen LogP contribution in [0.5, 0.6) is 0 Å². The summed E-state index contributed by atoms with van der Waals surface area (Å²) in [6, 6.07) is 9.96. The van der Waals surface area contributed by atoms with E-state index in [1.54, 1.807) is 30.3 Å². The highest BCUT2D eigenvalue weighted by atomic mass is 16.6. The summed E-state index contributed by atoms with van der Waals surface area (Å²) in [4.78, 5) is 53.2. The molecule has 3 rings (SSSR count). The van der Waals surface area contributed by atoms with Gasteiger partial charge in [-0.15, -0.1) is 0 Å². The maximum atomic E-state index is 12.5. The van der Waals surface area contributed by atoms with Crippen LogP contribution in [-0.2, 0) is 14.3 Å². The molecule has 2 aromatic rings. The number of rotatable bonds is 4. The fourth-order valence-corrected chi connectivity index (χ4v) is 3.16. The quantitative estimate of drug-likeness (QED) is 0.770. The molecule has 0 spiro atoms. The van der Waals surface area contributed by atoms with Gasteiger partial charge in [-0.05, 0) is 18.2 Å². The third-order valence-electron chi connectivity index (χ3n) is 4.40. The van der Waals surface area contributed by atoms with E-state index in [0.717, 1.165) is 0 Å². The first-order valence-corrected chi connectivity index (χ1v) is 8.86. The fraction of sp³-hybridized carbons (Fsp3) is 0.316. The molecule has 10 heteroatoms. The van der Waals surface area contributed by atoms with E-state index in [9.17, 15) is 19.2 Å². The molecule has 0 radical (unpaired) electrons. The standard InChI is InChI=1S/C19H20N4O6/c1-12(24)29-14-10-16(23(11-14)19(27)28-2)22-9-8-15(21-18(22)26)20-17(25)13-6-4-3-5-7-13/h3-9,14,16H,10-11H2,1-2H3,(H,20,21,25,26)/t14-,16-/m1/s1. The van der Waals surface area contributed by atoms with E-state index in [-0.39, 0.29) is 18.8 Å². The van der Waals surface area contributed by atoms with E-state index < -0.39 is 35.9 Å². The highest BCUT2D eigenvalue weighted by Gasteiger charge is 2.39. The lowest BCUT2D eigenvalue weighted by molar-refractivity contribution is -0.145. The zero-order valence-electron chi connectivity index (χ0n) is 15.9. The number of anilines is 1. The van der Waals surface area contributed by atoms with Gasteiger partial charge < -0.3 is 14.8 Å². The number of carbonyl (C=O) groups is 3. The van der Waals surface area contributed by atoms with Crippen molar-refractivity contribution < 1.29 is 23.9 Å². The van der Waals surface area contributed by atoms with Crippen LogP contribution in [0.1, 0.15) is 29.9 Å². The average molecular weight is 400 g/mol. The van der Waals surface area contributed by atoms with Crippen molar-refractivity contribution in [2.45, 2.75) is 25.6 Å². The summed E-state index contributed by atoms with van der Waals surface area (Å²) in [5.74, 6) is -0.800. The van der Waals surface area contributed by atoms with Crippen LogP contribution in [0.25, 0.3) is 0 Å². The SMILES string of the molecule is COC(=O)N1C[C@H](OC(C)=O)C[C@@H]1n1ccc(NC(=O)c2ccccc2)nc1=O. The highest BCUT2D eigenvalue weighted by Crippen LogP contribution is 2.28. The van der Waals surface area contributed by atoms with Crippen LogP contribution >= 0.6 is 0 Å². The molecule has 1 aliphatic heterocycles. The van der Waals surface area contributed by atoms with E-state index in [1.807, 2.05) is 0 Å². The van der Waals surface area contributed by atoms with Crippen LogP contribution in [0, 0.1) is 0 Å². The monoisotopic (exact) mass is 400 g/mol. The van der Waals surface area contributed by atoms with Crippen molar-refractivity contribution in [3.05, 3.63) is 58.6 Å². The zero-order valence-corrected chi connectivity index (χ0v) is 15.9. The third-order valence-corrected chi connectivity index (χ3v) is 4.40. The zero-order chi connectivity index (χ0) is 21.0. The molecule has 0 saturated carbocycles. The lowest BCUT2D eigenvalue weighted by Gasteiger charge is -2.24. The predicted molar refractivity (Wildman–Crippen MR) is 101 cm³/mol. The van der Waals surface area contributed by atoms with Gasteiger partial charge in [0.1, 0.15) is 18.1 Å². The molecule has 152 valence electrons. The number of carbonyl (C=O) groups excluding carboxylic acids is 3.